The number of anilines is 1. The van der Waals surface area contributed by atoms with Crippen LogP contribution in [0.15, 0.2) is 18.2 Å². The van der Waals surface area contributed by atoms with Gasteiger partial charge in [0.1, 0.15) is 0 Å². The molecule has 1 rings (SSSR count). The van der Waals surface area contributed by atoms with Crippen LogP contribution in [-0.4, -0.2) is 42.2 Å². The molecule has 118 valence electrons. The second-order valence-corrected chi connectivity index (χ2v) is 5.42. The molecule has 0 fully saturated rings. The topological polar surface area (TPSA) is 52.6 Å². The average Bonchev–Trinajstić information content (AvgIpc) is 2.49. The number of nitrogens with one attached hydrogen (secondary N) is 1. The SMILES string of the molecule is CCCCN(CCO)C(=O)c1cc(Cl)ccc1NCCC. The molecule has 2 N–H and O–H groups in total. The number of halogens is 1. The van der Waals surface area contributed by atoms with Crippen LogP contribution in [0.1, 0.15) is 43.5 Å². The van der Waals surface area contributed by atoms with Crippen molar-refractivity contribution in [3.8, 4) is 0 Å². The van der Waals surface area contributed by atoms with E-state index in [0.29, 0.717) is 23.7 Å². The van der Waals surface area contributed by atoms with Crippen LogP contribution in [0.2, 0.25) is 5.02 Å². The van der Waals surface area contributed by atoms with Crippen molar-refractivity contribution >= 4 is 23.2 Å². The highest BCUT2D eigenvalue weighted by Gasteiger charge is 2.18. The third-order valence-corrected chi connectivity index (χ3v) is 3.45. The van der Waals surface area contributed by atoms with Crippen LogP contribution < -0.4 is 5.32 Å². The number of nitrogens with zero attached hydrogens (tertiary/aromatic N) is 1. The summed E-state index contributed by atoms with van der Waals surface area (Å²) in [7, 11) is 0. The number of aliphatic hydroxyl groups is 1. The molecular formula is C16H25ClN2O2. The van der Waals surface area contributed by atoms with Gasteiger partial charge < -0.3 is 15.3 Å². The summed E-state index contributed by atoms with van der Waals surface area (Å²) in [6, 6.07) is 5.30. The van der Waals surface area contributed by atoms with E-state index in [-0.39, 0.29) is 12.5 Å². The Labute approximate surface area is 132 Å². The van der Waals surface area contributed by atoms with E-state index in [4.69, 9.17) is 16.7 Å². The fourth-order valence-electron chi connectivity index (χ4n) is 2.06. The Balaban J connectivity index is 2.98. The highest BCUT2D eigenvalue weighted by molar-refractivity contribution is 6.31. The lowest BCUT2D eigenvalue weighted by Crippen LogP contribution is -2.35. The van der Waals surface area contributed by atoms with Crippen molar-refractivity contribution in [1.29, 1.82) is 0 Å². The Bertz CT molecular complexity index is 452. The van der Waals surface area contributed by atoms with E-state index in [9.17, 15) is 4.79 Å². The maximum Gasteiger partial charge on any atom is 0.256 e. The number of carbonyl (C=O) groups is 1. The minimum Gasteiger partial charge on any atom is -0.395 e. The van der Waals surface area contributed by atoms with Gasteiger partial charge in [-0.3, -0.25) is 4.79 Å². The molecule has 0 aliphatic carbocycles. The van der Waals surface area contributed by atoms with Gasteiger partial charge in [0.2, 0.25) is 0 Å². The number of carbonyl (C=O) groups excluding carboxylic acids is 1. The fourth-order valence-corrected chi connectivity index (χ4v) is 2.23. The van der Waals surface area contributed by atoms with Gasteiger partial charge in [0.05, 0.1) is 12.2 Å². The highest BCUT2D eigenvalue weighted by Crippen LogP contribution is 2.22. The molecule has 0 aliphatic rings. The molecule has 1 aromatic carbocycles. The minimum atomic E-state index is -0.0846. The molecule has 1 amide bonds. The molecule has 0 heterocycles. The molecule has 0 saturated carbocycles. The quantitative estimate of drug-likeness (QED) is 0.735. The van der Waals surface area contributed by atoms with E-state index in [2.05, 4.69) is 19.2 Å². The van der Waals surface area contributed by atoms with E-state index in [1.807, 2.05) is 6.07 Å². The Hall–Kier alpha value is -1.26. The fraction of sp³-hybridized carbons (Fsp3) is 0.562. The van der Waals surface area contributed by atoms with Gasteiger partial charge in [0.15, 0.2) is 0 Å². The third kappa shape index (κ3) is 5.56. The predicted octanol–water partition coefficient (Wildman–Crippen LogP) is 3.40. The van der Waals surface area contributed by atoms with Crippen molar-refractivity contribution in [1.82, 2.24) is 4.90 Å². The number of benzene rings is 1. The number of unbranched alkanes of at least 4 members (excludes halogenated alkanes) is 1. The molecule has 0 saturated heterocycles. The Kier molecular flexibility index (Phi) is 8.16. The maximum absolute atomic E-state index is 12.7. The van der Waals surface area contributed by atoms with Crippen LogP contribution >= 0.6 is 11.6 Å². The first kappa shape index (κ1) is 17.8. The molecular weight excluding hydrogens is 288 g/mol. The van der Waals surface area contributed by atoms with Gasteiger partial charge in [-0.15, -0.1) is 0 Å². The lowest BCUT2D eigenvalue weighted by Gasteiger charge is -2.23. The van der Waals surface area contributed by atoms with Crippen molar-refractivity contribution in [2.45, 2.75) is 33.1 Å². The zero-order valence-electron chi connectivity index (χ0n) is 12.9. The number of rotatable bonds is 9. The van der Waals surface area contributed by atoms with E-state index in [0.717, 1.165) is 31.5 Å². The Morgan fingerprint density at radius 1 is 1.29 bits per heavy atom. The molecule has 0 radical (unpaired) electrons. The first-order valence-electron chi connectivity index (χ1n) is 7.57. The second-order valence-electron chi connectivity index (χ2n) is 4.99. The van der Waals surface area contributed by atoms with Crippen LogP contribution in [0, 0.1) is 0 Å². The summed E-state index contributed by atoms with van der Waals surface area (Å²) in [5.74, 6) is -0.0846. The molecule has 4 nitrogen and oxygen atoms in total. The largest absolute Gasteiger partial charge is 0.395 e. The summed E-state index contributed by atoms with van der Waals surface area (Å²) in [4.78, 5) is 14.4. The summed E-state index contributed by atoms with van der Waals surface area (Å²) in [6.07, 6.45) is 2.90. The lowest BCUT2D eigenvalue weighted by atomic mass is 10.1. The molecule has 0 aliphatic heterocycles. The van der Waals surface area contributed by atoms with Crippen molar-refractivity contribution in [3.05, 3.63) is 28.8 Å². The molecule has 0 bridgehead atoms. The summed E-state index contributed by atoms with van der Waals surface area (Å²) in [5, 5.41) is 13.0. The Morgan fingerprint density at radius 3 is 2.67 bits per heavy atom. The minimum absolute atomic E-state index is 0.0340. The predicted molar refractivity (Wildman–Crippen MR) is 88.1 cm³/mol. The third-order valence-electron chi connectivity index (χ3n) is 3.22. The maximum atomic E-state index is 12.7. The molecule has 1 aromatic rings. The number of aliphatic hydroxyl groups excluding tert-OH is 1. The van der Waals surface area contributed by atoms with Crippen molar-refractivity contribution in [2.75, 3.05) is 31.6 Å². The lowest BCUT2D eigenvalue weighted by molar-refractivity contribution is 0.0720. The summed E-state index contributed by atoms with van der Waals surface area (Å²) >= 11 is 6.03. The van der Waals surface area contributed by atoms with Gasteiger partial charge >= 0.3 is 0 Å². The van der Waals surface area contributed by atoms with E-state index < -0.39 is 0 Å². The molecule has 0 unspecified atom stereocenters. The summed E-state index contributed by atoms with van der Waals surface area (Å²) < 4.78 is 0. The normalized spacial score (nSPS) is 10.5. The average molecular weight is 313 g/mol. The van der Waals surface area contributed by atoms with Crippen LogP contribution in [0.25, 0.3) is 0 Å². The molecule has 0 aromatic heterocycles. The molecule has 5 heteroatoms. The van der Waals surface area contributed by atoms with Gasteiger partial charge in [-0.2, -0.15) is 0 Å². The monoisotopic (exact) mass is 312 g/mol. The van der Waals surface area contributed by atoms with Gasteiger partial charge in [-0.25, -0.2) is 0 Å². The van der Waals surface area contributed by atoms with Crippen LogP contribution in [-0.2, 0) is 0 Å². The van der Waals surface area contributed by atoms with E-state index in [1.54, 1.807) is 17.0 Å². The van der Waals surface area contributed by atoms with Crippen molar-refractivity contribution < 1.29 is 9.90 Å². The Morgan fingerprint density at radius 2 is 2.05 bits per heavy atom. The highest BCUT2D eigenvalue weighted by atomic mass is 35.5. The van der Waals surface area contributed by atoms with E-state index >= 15 is 0 Å². The van der Waals surface area contributed by atoms with Gasteiger partial charge in [-0.1, -0.05) is 31.9 Å². The summed E-state index contributed by atoms with van der Waals surface area (Å²) in [6.45, 7) is 5.91. The first-order valence-corrected chi connectivity index (χ1v) is 7.95. The standard InChI is InChI=1S/C16H25ClN2O2/c1-3-5-9-19(10-11-20)16(21)14-12-13(17)6-7-15(14)18-8-4-2/h6-7,12,18,20H,3-5,8-11H2,1-2H3. The molecule has 0 atom stereocenters. The van der Waals surface area contributed by atoms with Gasteiger partial charge in [0.25, 0.3) is 5.91 Å². The smallest absolute Gasteiger partial charge is 0.256 e. The molecule has 21 heavy (non-hydrogen) atoms. The van der Waals surface area contributed by atoms with Crippen molar-refractivity contribution in [2.24, 2.45) is 0 Å². The van der Waals surface area contributed by atoms with Gasteiger partial charge in [-0.05, 0) is 31.0 Å². The first-order chi connectivity index (χ1) is 10.1. The number of amides is 1. The number of hydrogen-bond acceptors (Lipinski definition) is 3. The van der Waals surface area contributed by atoms with Crippen LogP contribution in [0.3, 0.4) is 0 Å². The van der Waals surface area contributed by atoms with E-state index in [1.165, 1.54) is 0 Å². The van der Waals surface area contributed by atoms with Crippen LogP contribution in [0.4, 0.5) is 5.69 Å². The summed E-state index contributed by atoms with van der Waals surface area (Å²) in [5.41, 5.74) is 1.37. The van der Waals surface area contributed by atoms with Gasteiger partial charge in [0, 0.05) is 30.3 Å². The van der Waals surface area contributed by atoms with Crippen molar-refractivity contribution in [3.63, 3.8) is 0 Å². The zero-order valence-corrected chi connectivity index (χ0v) is 13.6. The number of hydrogen-bond donors (Lipinski definition) is 2. The second kappa shape index (κ2) is 9.64. The zero-order chi connectivity index (χ0) is 15.7. The molecule has 0 spiro atoms. The van der Waals surface area contributed by atoms with Crippen LogP contribution in [0.5, 0.6) is 0 Å².